The average molecular weight is 636 g/mol. The number of Topliss-reactive ketones (excluding diaryl/α,β-unsaturated/α-hetero) is 3. The summed E-state index contributed by atoms with van der Waals surface area (Å²) in [5, 5.41) is 10.0. The van der Waals surface area contributed by atoms with E-state index < -0.39 is 59.0 Å². The first-order chi connectivity index (χ1) is 21.5. The molecule has 1 aliphatic carbocycles. The largest absolute Gasteiger partial charge is 0.492 e. The summed E-state index contributed by atoms with van der Waals surface area (Å²) in [4.78, 5) is 69.9. The van der Waals surface area contributed by atoms with E-state index in [0.29, 0.717) is 33.8 Å². The molecular formula is C31H29N3O10S. The molecule has 0 N–H and O–H groups in total. The van der Waals surface area contributed by atoms with Gasteiger partial charge in [-0.25, -0.2) is 4.79 Å². The van der Waals surface area contributed by atoms with Gasteiger partial charge >= 0.3 is 11.9 Å². The lowest BCUT2D eigenvalue weighted by molar-refractivity contribution is -0.156. The van der Waals surface area contributed by atoms with Crippen LogP contribution in [0.25, 0.3) is 0 Å². The quantitative estimate of drug-likeness (QED) is 0.199. The summed E-state index contributed by atoms with van der Waals surface area (Å²) < 4.78 is 28.7. The molecule has 45 heavy (non-hydrogen) atoms. The number of ether oxygens (including phenoxy) is 5. The number of nitriles is 1. The Hall–Kier alpha value is -4.19. The number of ketones is 3. The Balaban J connectivity index is 1.55. The van der Waals surface area contributed by atoms with Crippen LogP contribution in [-0.4, -0.2) is 96.6 Å². The average Bonchev–Trinajstić information content (AvgIpc) is 3.50. The highest BCUT2D eigenvalue weighted by molar-refractivity contribution is 8.00. The first-order valence-electron chi connectivity index (χ1n) is 14.4. The third-order valence-corrected chi connectivity index (χ3v) is 11.0. The number of hydrogen-bond donors (Lipinski definition) is 0. The zero-order valence-corrected chi connectivity index (χ0v) is 25.9. The molecule has 7 rings (SSSR count). The smallest absolute Gasteiger partial charge is 0.375 e. The molecule has 1 aromatic rings. The van der Waals surface area contributed by atoms with E-state index >= 15 is 0 Å². The molecule has 13 nitrogen and oxygen atoms in total. The summed E-state index contributed by atoms with van der Waals surface area (Å²) in [5.74, 6) is -2.44. The number of allylic oxidation sites excluding steroid dienone is 2. The Bertz CT molecular complexity index is 1740. The molecule has 0 aromatic heterocycles. The van der Waals surface area contributed by atoms with Crippen molar-refractivity contribution in [3.05, 3.63) is 39.2 Å². The number of methoxy groups -OCH3 is 1. The maximum Gasteiger partial charge on any atom is 0.375 e. The Morgan fingerprint density at radius 1 is 1.07 bits per heavy atom. The zero-order valence-electron chi connectivity index (χ0n) is 25.1. The Morgan fingerprint density at radius 3 is 2.49 bits per heavy atom. The molecule has 0 radical (unpaired) electrons. The number of benzene rings is 1. The van der Waals surface area contributed by atoms with E-state index in [1.807, 2.05) is 16.8 Å². The van der Waals surface area contributed by atoms with E-state index in [0.717, 1.165) is 11.8 Å². The van der Waals surface area contributed by atoms with Gasteiger partial charge in [-0.05, 0) is 27.3 Å². The molecule has 14 heteroatoms. The fraction of sp³-hybridized carbons (Fsp3) is 0.484. The molecule has 6 atom stereocenters. The maximum absolute atomic E-state index is 14.1. The predicted octanol–water partition coefficient (Wildman–Crippen LogP) is 1.62. The van der Waals surface area contributed by atoms with Gasteiger partial charge in [-0.1, -0.05) is 0 Å². The molecule has 2 saturated heterocycles. The second-order valence-electron chi connectivity index (χ2n) is 11.8. The second kappa shape index (κ2) is 10.4. The van der Waals surface area contributed by atoms with Crippen LogP contribution in [-0.2, 0) is 33.4 Å². The second-order valence-corrected chi connectivity index (χ2v) is 12.9. The molecule has 2 fully saturated rings. The maximum atomic E-state index is 14.1. The third-order valence-electron chi connectivity index (χ3n) is 9.69. The molecule has 5 aliphatic heterocycles. The Labute approximate surface area is 262 Å². The molecule has 0 amide bonds. The van der Waals surface area contributed by atoms with Crippen LogP contribution in [0.2, 0.25) is 0 Å². The van der Waals surface area contributed by atoms with Gasteiger partial charge in [0.1, 0.15) is 18.4 Å². The molecular weight excluding hydrogens is 606 g/mol. The number of nitrogens with zero attached hydrogens (tertiary/aromatic N) is 3. The summed E-state index contributed by atoms with van der Waals surface area (Å²) in [6, 6.07) is -1.24. The standard InChI is InChI=1S/C31H29N3O10S/c1-11-24(37)14-6-15-16(7-32)34-17-8-41-31(39)18(36)9-45-30(23(34)22(33(15)4)19(14)25(38)27(11)40-5)21-20(17)29-28(42-10-43-29)12(2)26(21)44-13(3)35/h15-17,22-23,30H,6,8-10H2,1-5H3/t15-,16+,17+,22+,23?,30-/m1/s1. The molecule has 0 saturated carbocycles. The minimum absolute atomic E-state index is 0.0402. The molecule has 1 unspecified atom stereocenters. The minimum atomic E-state index is -1.000. The van der Waals surface area contributed by atoms with Crippen LogP contribution in [0.4, 0.5) is 0 Å². The Kier molecular flexibility index (Phi) is 6.84. The normalized spacial score (nSPS) is 30.8. The topological polar surface area (TPSA) is 162 Å². The summed E-state index contributed by atoms with van der Waals surface area (Å²) >= 11 is 1.12. The number of rotatable bonds is 2. The van der Waals surface area contributed by atoms with Gasteiger partial charge in [-0.2, -0.15) is 5.26 Å². The van der Waals surface area contributed by atoms with Crippen LogP contribution in [0.3, 0.4) is 0 Å². The van der Waals surface area contributed by atoms with Crippen LogP contribution >= 0.6 is 11.8 Å². The van der Waals surface area contributed by atoms with Gasteiger partial charge in [0.2, 0.25) is 18.4 Å². The summed E-state index contributed by atoms with van der Waals surface area (Å²) in [5.41, 5.74) is 2.37. The lowest BCUT2D eigenvalue weighted by Gasteiger charge is -2.61. The number of likely N-dealkylation sites (N-methyl/N-ethyl adjacent to an activating group) is 1. The lowest BCUT2D eigenvalue weighted by Crippen LogP contribution is -2.73. The monoisotopic (exact) mass is 635 g/mol. The van der Waals surface area contributed by atoms with Crippen molar-refractivity contribution in [1.82, 2.24) is 9.80 Å². The number of fused-ring (bicyclic) bond motifs is 8. The molecule has 4 bridgehead atoms. The summed E-state index contributed by atoms with van der Waals surface area (Å²) in [7, 11) is 3.16. The van der Waals surface area contributed by atoms with Gasteiger partial charge in [0.15, 0.2) is 23.0 Å². The molecule has 234 valence electrons. The van der Waals surface area contributed by atoms with Crippen LogP contribution in [0.15, 0.2) is 22.5 Å². The summed E-state index contributed by atoms with van der Waals surface area (Å²) in [6.45, 7) is 4.13. The first kappa shape index (κ1) is 29.5. The van der Waals surface area contributed by atoms with E-state index in [4.69, 9.17) is 23.7 Å². The number of carbonyl (C=O) groups excluding carboxylic acids is 5. The highest BCUT2D eigenvalue weighted by Gasteiger charge is 2.62. The fourth-order valence-electron chi connectivity index (χ4n) is 7.90. The first-order valence-corrected chi connectivity index (χ1v) is 15.5. The van der Waals surface area contributed by atoms with Crippen molar-refractivity contribution in [2.24, 2.45) is 0 Å². The number of thioether (sulfide) groups is 1. The van der Waals surface area contributed by atoms with Gasteiger partial charge < -0.3 is 23.7 Å². The van der Waals surface area contributed by atoms with Gasteiger partial charge in [0.05, 0.1) is 36.3 Å². The summed E-state index contributed by atoms with van der Waals surface area (Å²) in [6.07, 6.45) is 0.142. The minimum Gasteiger partial charge on any atom is -0.492 e. The van der Waals surface area contributed by atoms with Crippen molar-refractivity contribution in [2.45, 2.75) is 62.7 Å². The van der Waals surface area contributed by atoms with Crippen molar-refractivity contribution in [3.8, 4) is 23.3 Å². The number of carbonyl (C=O) groups is 5. The Morgan fingerprint density at radius 2 is 1.80 bits per heavy atom. The SMILES string of the molecule is COC1=C(C)C(=O)C2=C(C1=O)[C@H]1C3[C@@H]4SCC(=O)C(=O)OC[C@@H](c5c6c(c(C)c(OC(C)=O)c54)OCO6)N3[C@@H](C#N)[C@@H](C2)N1C. The van der Waals surface area contributed by atoms with E-state index in [1.165, 1.54) is 14.0 Å². The van der Waals surface area contributed by atoms with Crippen molar-refractivity contribution in [3.63, 3.8) is 0 Å². The van der Waals surface area contributed by atoms with Crippen LogP contribution < -0.4 is 14.2 Å². The van der Waals surface area contributed by atoms with E-state index in [2.05, 4.69) is 6.07 Å². The number of piperazine rings is 1. The van der Waals surface area contributed by atoms with Gasteiger partial charge in [-0.3, -0.25) is 29.0 Å². The highest BCUT2D eigenvalue weighted by atomic mass is 32.2. The van der Waals surface area contributed by atoms with Crippen LogP contribution in [0.1, 0.15) is 48.3 Å². The molecule has 6 aliphatic rings. The number of cyclic esters (lactones) is 1. The molecule has 5 heterocycles. The van der Waals surface area contributed by atoms with Gasteiger partial charge in [-0.15, -0.1) is 11.8 Å². The van der Waals surface area contributed by atoms with Crippen molar-refractivity contribution < 1.29 is 47.7 Å². The van der Waals surface area contributed by atoms with Crippen LogP contribution in [0, 0.1) is 18.3 Å². The van der Waals surface area contributed by atoms with E-state index in [1.54, 1.807) is 13.8 Å². The van der Waals surface area contributed by atoms with Gasteiger partial charge in [0.25, 0.3) is 0 Å². The van der Waals surface area contributed by atoms with E-state index in [9.17, 15) is 29.2 Å². The van der Waals surface area contributed by atoms with Crippen molar-refractivity contribution in [1.29, 1.82) is 5.26 Å². The molecule has 1 aromatic carbocycles. The van der Waals surface area contributed by atoms with Crippen LogP contribution in [0.5, 0.6) is 17.2 Å². The highest BCUT2D eigenvalue weighted by Crippen LogP contribution is 2.62. The predicted molar refractivity (Wildman–Crippen MR) is 154 cm³/mol. The van der Waals surface area contributed by atoms with E-state index in [-0.39, 0.29) is 54.0 Å². The van der Waals surface area contributed by atoms with Gasteiger partial charge in [0, 0.05) is 52.4 Å². The molecule has 0 spiro atoms. The number of esters is 2. The fourth-order valence-corrected chi connectivity index (χ4v) is 9.24. The zero-order chi connectivity index (χ0) is 32.1. The third kappa shape index (κ3) is 3.96. The number of hydrogen-bond acceptors (Lipinski definition) is 14. The lowest BCUT2D eigenvalue weighted by atomic mass is 9.68. The van der Waals surface area contributed by atoms with Crippen molar-refractivity contribution in [2.75, 3.05) is 33.3 Å². The van der Waals surface area contributed by atoms with Crippen molar-refractivity contribution >= 4 is 41.1 Å².